The van der Waals surface area contributed by atoms with E-state index in [9.17, 15) is 4.55 Å². The second kappa shape index (κ2) is 6.06. The number of nitrogens with zero attached hydrogens (tertiary/aromatic N) is 1. The minimum Gasteiger partial charge on any atom is -0.610 e. The number of aryl methyl sites for hydroxylation is 1. The molecule has 124 valence electrons. The van der Waals surface area contributed by atoms with Crippen LogP contribution in [-0.4, -0.2) is 20.8 Å². The molecule has 0 fully saturated rings. The van der Waals surface area contributed by atoms with Gasteiger partial charge in [0.2, 0.25) is 0 Å². The highest BCUT2D eigenvalue weighted by Crippen LogP contribution is 2.38. The van der Waals surface area contributed by atoms with Crippen molar-refractivity contribution in [1.82, 2.24) is 9.97 Å². The van der Waals surface area contributed by atoms with Gasteiger partial charge >= 0.3 is 0 Å². The van der Waals surface area contributed by atoms with Crippen molar-refractivity contribution in [3.8, 4) is 11.1 Å². The number of benzene rings is 2. The average molecular weight is 346 g/mol. The first kappa shape index (κ1) is 15.9. The highest BCUT2D eigenvalue weighted by atomic mass is 32.2. The molecule has 0 bridgehead atoms. The van der Waals surface area contributed by atoms with E-state index >= 15 is 0 Å². The van der Waals surface area contributed by atoms with Gasteiger partial charge < -0.3 is 9.54 Å². The molecule has 0 radical (unpaired) electrons. The van der Waals surface area contributed by atoms with E-state index in [0.29, 0.717) is 5.03 Å². The number of hydrogen-bond acceptors (Lipinski definition) is 2. The number of para-hydroxylation sites is 1. The normalized spacial score (nSPS) is 12.6. The molecule has 2 aromatic carbocycles. The Labute approximate surface area is 149 Å². The van der Waals surface area contributed by atoms with Gasteiger partial charge in [-0.3, -0.25) is 0 Å². The van der Waals surface area contributed by atoms with Crippen LogP contribution in [0.5, 0.6) is 0 Å². The quantitative estimate of drug-likeness (QED) is 0.526. The van der Waals surface area contributed by atoms with Gasteiger partial charge in [-0.25, -0.2) is 4.98 Å². The molecule has 1 N–H and O–H groups in total. The smallest absolute Gasteiger partial charge is 0.252 e. The van der Waals surface area contributed by atoms with Crippen molar-refractivity contribution in [2.75, 3.05) is 6.26 Å². The largest absolute Gasteiger partial charge is 0.610 e. The molecule has 4 aromatic rings. The number of H-pyrrole nitrogens is 1. The molecule has 3 nitrogen and oxygen atoms in total. The topological polar surface area (TPSA) is 51.7 Å². The summed E-state index contributed by atoms with van der Waals surface area (Å²) in [6.45, 7) is 6.13. The monoisotopic (exact) mass is 346 g/mol. The summed E-state index contributed by atoms with van der Waals surface area (Å²) in [5.74, 6) is 0. The van der Waals surface area contributed by atoms with Gasteiger partial charge in [0, 0.05) is 39.2 Å². The van der Waals surface area contributed by atoms with Crippen LogP contribution in [0.25, 0.3) is 39.0 Å². The summed E-state index contributed by atoms with van der Waals surface area (Å²) >= 11 is -1.16. The van der Waals surface area contributed by atoms with Crippen LogP contribution in [-0.2, 0) is 11.2 Å². The highest BCUT2D eigenvalue weighted by Gasteiger charge is 2.20. The Bertz CT molecular complexity index is 1110. The second-order valence-electron chi connectivity index (χ2n) is 6.07. The molecule has 0 amide bonds. The maximum absolute atomic E-state index is 12.1. The third kappa shape index (κ3) is 2.46. The van der Waals surface area contributed by atoms with Crippen LogP contribution in [0.2, 0.25) is 0 Å². The number of fused-ring (bicyclic) bond motifs is 3. The van der Waals surface area contributed by atoms with Crippen molar-refractivity contribution in [3.63, 3.8) is 0 Å². The SMILES string of the molecule is C=Cc1c(-c2cccnc2[S+](C)[O-])cc2[nH]c3ccccc3c2c1C. The number of hydrogen-bond donors (Lipinski definition) is 1. The van der Waals surface area contributed by atoms with E-state index in [0.717, 1.165) is 33.3 Å². The van der Waals surface area contributed by atoms with Gasteiger partial charge in [0.15, 0.2) is 0 Å². The molecule has 4 heteroatoms. The third-order valence-electron chi connectivity index (χ3n) is 4.63. The number of aromatic nitrogens is 2. The molecule has 1 atom stereocenters. The zero-order valence-electron chi connectivity index (χ0n) is 14.2. The summed E-state index contributed by atoms with van der Waals surface area (Å²) in [5, 5.41) is 3.01. The number of nitrogens with one attached hydrogen (secondary N) is 1. The molecular weight excluding hydrogens is 328 g/mol. The molecule has 0 saturated heterocycles. The van der Waals surface area contributed by atoms with Gasteiger partial charge in [-0.2, -0.15) is 0 Å². The highest BCUT2D eigenvalue weighted by molar-refractivity contribution is 7.90. The van der Waals surface area contributed by atoms with Gasteiger partial charge in [0.05, 0.1) is 5.56 Å². The Morgan fingerprint density at radius 3 is 2.68 bits per heavy atom. The summed E-state index contributed by atoms with van der Waals surface area (Å²) in [4.78, 5) is 7.84. The first-order valence-electron chi connectivity index (χ1n) is 8.07. The molecule has 2 heterocycles. The Morgan fingerprint density at radius 1 is 1.12 bits per heavy atom. The van der Waals surface area contributed by atoms with Crippen molar-refractivity contribution in [2.24, 2.45) is 0 Å². The van der Waals surface area contributed by atoms with Crippen LogP contribution in [0.15, 0.2) is 60.3 Å². The minimum absolute atomic E-state index is 0.598. The molecule has 4 rings (SSSR count). The summed E-state index contributed by atoms with van der Waals surface area (Å²) in [6, 6.07) is 14.3. The Balaban J connectivity index is 2.12. The van der Waals surface area contributed by atoms with Crippen LogP contribution in [0, 0.1) is 6.92 Å². The molecule has 0 aliphatic rings. The summed E-state index contributed by atoms with van der Waals surface area (Å²) in [5.41, 5.74) is 6.29. The predicted molar refractivity (Wildman–Crippen MR) is 106 cm³/mol. The molecular formula is C21H18N2OS. The van der Waals surface area contributed by atoms with Gasteiger partial charge in [-0.1, -0.05) is 30.9 Å². The van der Waals surface area contributed by atoms with Gasteiger partial charge in [-0.15, -0.1) is 0 Å². The molecule has 25 heavy (non-hydrogen) atoms. The van der Waals surface area contributed by atoms with Crippen LogP contribution in [0.3, 0.4) is 0 Å². The fourth-order valence-electron chi connectivity index (χ4n) is 3.54. The van der Waals surface area contributed by atoms with Crippen molar-refractivity contribution < 1.29 is 4.55 Å². The standard InChI is InChI=1S/C21H18N2OS/c1-4-14-13(2)20-16-8-5-6-10-18(16)23-19(20)12-17(14)15-9-7-11-22-21(15)25(3)24/h4-12,23H,1H2,2-3H3. The van der Waals surface area contributed by atoms with Crippen molar-refractivity contribution in [1.29, 1.82) is 0 Å². The van der Waals surface area contributed by atoms with Gasteiger partial charge in [-0.05, 0) is 47.9 Å². The lowest BCUT2D eigenvalue weighted by atomic mass is 9.93. The second-order valence-corrected chi connectivity index (χ2v) is 7.37. The van der Waals surface area contributed by atoms with E-state index in [1.165, 1.54) is 10.8 Å². The predicted octanol–water partition coefficient (Wildman–Crippen LogP) is 5.07. The van der Waals surface area contributed by atoms with Gasteiger partial charge in [0.1, 0.15) is 6.26 Å². The number of pyridine rings is 1. The van der Waals surface area contributed by atoms with Crippen LogP contribution >= 0.6 is 0 Å². The first-order valence-corrected chi connectivity index (χ1v) is 9.63. The van der Waals surface area contributed by atoms with E-state index in [4.69, 9.17) is 0 Å². The minimum atomic E-state index is -1.16. The molecule has 1 unspecified atom stereocenters. The van der Waals surface area contributed by atoms with Crippen LogP contribution in [0.4, 0.5) is 0 Å². The fourth-order valence-corrected chi connectivity index (χ4v) is 4.24. The van der Waals surface area contributed by atoms with E-state index < -0.39 is 11.2 Å². The lowest BCUT2D eigenvalue weighted by Crippen LogP contribution is -2.04. The Kier molecular flexibility index (Phi) is 3.86. The van der Waals surface area contributed by atoms with Crippen LogP contribution in [0.1, 0.15) is 11.1 Å². The average Bonchev–Trinajstić information content (AvgIpc) is 3.00. The maximum atomic E-state index is 12.1. The first-order chi connectivity index (χ1) is 12.1. The van der Waals surface area contributed by atoms with Gasteiger partial charge in [0.25, 0.3) is 5.03 Å². The fraction of sp³-hybridized carbons (Fsp3) is 0.0952. The molecule has 0 aliphatic heterocycles. The summed E-state index contributed by atoms with van der Waals surface area (Å²) in [7, 11) is 0. The van der Waals surface area contributed by atoms with Crippen molar-refractivity contribution >= 4 is 39.1 Å². The number of aromatic amines is 1. The Morgan fingerprint density at radius 2 is 1.92 bits per heavy atom. The molecule has 0 saturated carbocycles. The molecule has 2 aromatic heterocycles. The molecule has 0 spiro atoms. The van der Waals surface area contributed by atoms with E-state index in [1.807, 2.05) is 24.3 Å². The van der Waals surface area contributed by atoms with E-state index in [1.54, 1.807) is 12.5 Å². The number of rotatable bonds is 3. The summed E-state index contributed by atoms with van der Waals surface area (Å²) < 4.78 is 12.1. The zero-order valence-corrected chi connectivity index (χ0v) is 15.0. The van der Waals surface area contributed by atoms with E-state index in [-0.39, 0.29) is 0 Å². The lowest BCUT2D eigenvalue weighted by molar-refractivity contribution is 0.597. The van der Waals surface area contributed by atoms with Crippen molar-refractivity contribution in [3.05, 3.63) is 66.4 Å². The Hall–Kier alpha value is -2.56. The summed E-state index contributed by atoms with van der Waals surface area (Å²) in [6.07, 6.45) is 5.22. The maximum Gasteiger partial charge on any atom is 0.252 e. The van der Waals surface area contributed by atoms with E-state index in [2.05, 4.69) is 47.7 Å². The van der Waals surface area contributed by atoms with Crippen LogP contribution < -0.4 is 0 Å². The lowest BCUT2D eigenvalue weighted by Gasteiger charge is -2.14. The molecule has 0 aliphatic carbocycles. The van der Waals surface area contributed by atoms with Crippen molar-refractivity contribution in [2.45, 2.75) is 11.9 Å². The third-order valence-corrected chi connectivity index (χ3v) is 5.50. The zero-order chi connectivity index (χ0) is 17.6.